The number of hydrogen-bond acceptors (Lipinski definition) is 7. The molecule has 38 heavy (non-hydrogen) atoms. The normalized spacial score (nSPS) is 24.5. The molecule has 3 atom stereocenters. The number of cyclic esters (lactones) is 1. The van der Waals surface area contributed by atoms with Crippen molar-refractivity contribution in [3.63, 3.8) is 0 Å². The number of aliphatic hydroxyl groups is 1. The number of nitrogens with zero attached hydrogens (tertiary/aromatic N) is 5. The molecular weight excluding hydrogens is 486 g/mol. The zero-order chi connectivity index (χ0) is 26.3. The summed E-state index contributed by atoms with van der Waals surface area (Å²) in [7, 11) is 0. The van der Waals surface area contributed by atoms with Gasteiger partial charge in [0.2, 0.25) is 0 Å². The second-order valence-electron chi connectivity index (χ2n) is 10.2. The molecule has 198 valence electrons. The molecule has 3 aliphatic rings. The van der Waals surface area contributed by atoms with E-state index in [1.807, 2.05) is 59.6 Å². The van der Waals surface area contributed by atoms with Gasteiger partial charge in [0.15, 0.2) is 5.60 Å². The number of carbonyl (C=O) groups is 2. The zero-order valence-electron chi connectivity index (χ0n) is 21.3. The number of aromatic nitrogens is 3. The van der Waals surface area contributed by atoms with Crippen LogP contribution in [0, 0.1) is 5.92 Å². The Morgan fingerprint density at radius 3 is 2.84 bits per heavy atom. The molecule has 1 N–H and O–H groups in total. The van der Waals surface area contributed by atoms with E-state index in [0.29, 0.717) is 39.1 Å². The summed E-state index contributed by atoms with van der Waals surface area (Å²) in [6, 6.07) is 15.6. The van der Waals surface area contributed by atoms with Crippen LogP contribution >= 0.6 is 0 Å². The number of fused-ring (bicyclic) bond motifs is 2. The first-order chi connectivity index (χ1) is 18.5. The maximum atomic E-state index is 14.2. The number of hydrogen-bond donors (Lipinski definition) is 1. The molecule has 2 aromatic carbocycles. The quantitative estimate of drug-likeness (QED) is 0.489. The lowest BCUT2D eigenvalue weighted by Gasteiger charge is -2.28. The molecule has 3 aliphatic heterocycles. The molecule has 0 unspecified atom stereocenters. The van der Waals surface area contributed by atoms with Gasteiger partial charge in [0.25, 0.3) is 5.91 Å². The highest BCUT2D eigenvalue weighted by molar-refractivity contribution is 6.07. The number of carbonyl (C=O) groups excluding carboxylic acids is 2. The second kappa shape index (κ2) is 9.85. The molecule has 0 saturated carbocycles. The third kappa shape index (κ3) is 4.13. The standard InChI is InChI=1S/C28H31N5O5/c1-19-15-23(9-11-31-18-21(10-13-34)29-30-31)38-28(19)24-7-2-3-8-25(24)33(26(28)35)17-20-5-4-6-22(16-20)32-12-14-37-27(32)36/h2-8,16,18-19,23,34H,9-15,17H2,1H3/t19-,23+,28+/m0/s1. The number of aryl methyl sites for hydroxylation is 1. The zero-order valence-corrected chi connectivity index (χ0v) is 21.3. The van der Waals surface area contributed by atoms with Crippen LogP contribution < -0.4 is 9.80 Å². The Kier molecular flexibility index (Phi) is 6.37. The number of amides is 2. The Balaban J connectivity index is 1.22. The first kappa shape index (κ1) is 24.6. The fraction of sp³-hybridized carbons (Fsp3) is 0.429. The van der Waals surface area contributed by atoms with Crippen molar-refractivity contribution in [1.82, 2.24) is 15.0 Å². The number of benzene rings is 2. The van der Waals surface area contributed by atoms with Crippen molar-refractivity contribution in [2.45, 2.75) is 51.0 Å². The Morgan fingerprint density at radius 1 is 1.16 bits per heavy atom. The van der Waals surface area contributed by atoms with Crippen LogP contribution in [0.3, 0.4) is 0 Å². The first-order valence-electron chi connectivity index (χ1n) is 13.1. The van der Waals surface area contributed by atoms with Crippen molar-refractivity contribution in [2.75, 3.05) is 29.6 Å². The van der Waals surface area contributed by atoms with E-state index in [1.165, 1.54) is 0 Å². The second-order valence-corrected chi connectivity index (χ2v) is 10.2. The Hall–Kier alpha value is -3.76. The molecule has 10 heteroatoms. The van der Waals surface area contributed by atoms with Crippen LogP contribution in [0.1, 0.15) is 36.6 Å². The van der Waals surface area contributed by atoms with Gasteiger partial charge in [-0.15, -0.1) is 5.10 Å². The number of para-hydroxylation sites is 1. The van der Waals surface area contributed by atoms with E-state index in [1.54, 1.807) is 9.58 Å². The maximum absolute atomic E-state index is 14.2. The highest BCUT2D eigenvalue weighted by Crippen LogP contribution is 2.53. The minimum absolute atomic E-state index is 0.00227. The maximum Gasteiger partial charge on any atom is 0.414 e. The molecule has 0 radical (unpaired) electrons. The summed E-state index contributed by atoms with van der Waals surface area (Å²) < 4.78 is 13.5. The predicted octanol–water partition coefficient (Wildman–Crippen LogP) is 3.03. The van der Waals surface area contributed by atoms with Gasteiger partial charge < -0.3 is 19.5 Å². The van der Waals surface area contributed by atoms with E-state index in [-0.39, 0.29) is 30.6 Å². The van der Waals surface area contributed by atoms with E-state index in [4.69, 9.17) is 14.6 Å². The van der Waals surface area contributed by atoms with Gasteiger partial charge in [0, 0.05) is 42.9 Å². The summed E-state index contributed by atoms with van der Waals surface area (Å²) in [6.45, 7) is 4.02. The van der Waals surface area contributed by atoms with Crippen LogP contribution in [-0.2, 0) is 39.4 Å². The molecule has 0 bridgehead atoms. The molecule has 4 heterocycles. The molecular formula is C28H31N5O5. The van der Waals surface area contributed by atoms with Gasteiger partial charge in [-0.2, -0.15) is 0 Å². The van der Waals surface area contributed by atoms with Gasteiger partial charge in [0.05, 0.1) is 30.6 Å². The number of aliphatic hydroxyl groups excluding tert-OH is 1. The highest BCUT2D eigenvalue weighted by Gasteiger charge is 2.59. The van der Waals surface area contributed by atoms with E-state index < -0.39 is 5.60 Å². The summed E-state index contributed by atoms with van der Waals surface area (Å²) in [5.41, 5.74) is 3.19. The minimum Gasteiger partial charge on any atom is -0.447 e. The summed E-state index contributed by atoms with van der Waals surface area (Å²) >= 11 is 0. The largest absolute Gasteiger partial charge is 0.447 e. The number of ether oxygens (including phenoxy) is 2. The monoisotopic (exact) mass is 517 g/mol. The Bertz CT molecular complexity index is 1360. The topological polar surface area (TPSA) is 110 Å². The van der Waals surface area contributed by atoms with Gasteiger partial charge in [-0.25, -0.2) is 4.79 Å². The summed E-state index contributed by atoms with van der Waals surface area (Å²) in [5.74, 6) is -0.0526. The van der Waals surface area contributed by atoms with Gasteiger partial charge in [-0.1, -0.05) is 42.5 Å². The number of anilines is 2. The Labute approximate surface area is 220 Å². The lowest BCUT2D eigenvalue weighted by Crippen LogP contribution is -2.43. The van der Waals surface area contributed by atoms with Crippen molar-refractivity contribution in [3.05, 3.63) is 71.5 Å². The Morgan fingerprint density at radius 2 is 2.03 bits per heavy atom. The smallest absolute Gasteiger partial charge is 0.414 e. The summed E-state index contributed by atoms with van der Waals surface area (Å²) in [4.78, 5) is 29.6. The average Bonchev–Trinajstić information content (AvgIpc) is 3.68. The van der Waals surface area contributed by atoms with Crippen LogP contribution in [0.15, 0.2) is 54.7 Å². The minimum atomic E-state index is -1.03. The van der Waals surface area contributed by atoms with Crippen molar-refractivity contribution >= 4 is 23.4 Å². The van der Waals surface area contributed by atoms with Gasteiger partial charge in [0.1, 0.15) is 6.61 Å². The van der Waals surface area contributed by atoms with Crippen LogP contribution in [0.2, 0.25) is 0 Å². The summed E-state index contributed by atoms with van der Waals surface area (Å²) in [6.07, 6.45) is 3.34. The van der Waals surface area contributed by atoms with Crippen LogP contribution in [0.25, 0.3) is 0 Å². The summed E-state index contributed by atoms with van der Waals surface area (Å²) in [5, 5.41) is 17.4. The molecule has 0 aliphatic carbocycles. The van der Waals surface area contributed by atoms with Crippen molar-refractivity contribution in [3.8, 4) is 0 Å². The fourth-order valence-electron chi connectivity index (χ4n) is 5.95. The molecule has 1 spiro atoms. The molecule has 2 amide bonds. The van der Waals surface area contributed by atoms with E-state index in [0.717, 1.165) is 34.6 Å². The van der Waals surface area contributed by atoms with Crippen LogP contribution in [-0.4, -0.2) is 58.0 Å². The predicted molar refractivity (Wildman–Crippen MR) is 139 cm³/mol. The fourth-order valence-corrected chi connectivity index (χ4v) is 5.95. The van der Waals surface area contributed by atoms with Gasteiger partial charge in [-0.3, -0.25) is 14.4 Å². The van der Waals surface area contributed by atoms with Crippen LogP contribution in [0.5, 0.6) is 0 Å². The van der Waals surface area contributed by atoms with Crippen LogP contribution in [0.4, 0.5) is 16.2 Å². The highest BCUT2D eigenvalue weighted by atomic mass is 16.6. The molecule has 2 saturated heterocycles. The lowest BCUT2D eigenvalue weighted by atomic mass is 9.83. The van der Waals surface area contributed by atoms with Gasteiger partial charge >= 0.3 is 6.09 Å². The molecule has 1 aromatic heterocycles. The van der Waals surface area contributed by atoms with Gasteiger partial charge in [-0.05, 0) is 36.6 Å². The lowest BCUT2D eigenvalue weighted by molar-refractivity contribution is -0.146. The number of rotatable bonds is 8. The average molecular weight is 518 g/mol. The van der Waals surface area contributed by atoms with Crippen molar-refractivity contribution in [1.29, 1.82) is 0 Å². The third-order valence-corrected chi connectivity index (χ3v) is 7.78. The molecule has 2 fully saturated rings. The molecule has 6 rings (SSSR count). The first-order valence-corrected chi connectivity index (χ1v) is 13.1. The third-order valence-electron chi connectivity index (χ3n) is 7.78. The molecule has 3 aromatic rings. The SMILES string of the molecule is C[C@H]1C[C@@H](CCn2cc(CCO)nn2)O[C@]12C(=O)N(Cc1cccc(N3CCOC3=O)c1)c1ccccc12. The van der Waals surface area contributed by atoms with E-state index >= 15 is 0 Å². The van der Waals surface area contributed by atoms with E-state index in [9.17, 15) is 9.59 Å². The molecule has 10 nitrogen and oxygen atoms in total. The van der Waals surface area contributed by atoms with Crippen molar-refractivity contribution in [2.24, 2.45) is 5.92 Å². The van der Waals surface area contributed by atoms with Crippen molar-refractivity contribution < 1.29 is 24.2 Å². The van der Waals surface area contributed by atoms with E-state index in [2.05, 4.69) is 17.2 Å².